The van der Waals surface area contributed by atoms with Crippen molar-refractivity contribution in [1.82, 2.24) is 15.0 Å². The molecule has 0 aliphatic rings. The fourth-order valence-electron chi connectivity index (χ4n) is 1.01. The molecule has 3 nitrogen and oxygen atoms in total. The van der Waals surface area contributed by atoms with Crippen LogP contribution in [0, 0.1) is 0 Å². The third-order valence-corrected chi connectivity index (χ3v) is 2.31. The van der Waals surface area contributed by atoms with Gasteiger partial charge in [0.2, 0.25) is 0 Å². The lowest BCUT2D eigenvalue weighted by Gasteiger charge is -2.00. The highest BCUT2D eigenvalue weighted by Crippen LogP contribution is 2.17. The summed E-state index contributed by atoms with van der Waals surface area (Å²) in [5, 5.41) is 8.03. The van der Waals surface area contributed by atoms with Crippen molar-refractivity contribution < 1.29 is 0 Å². The molecular weight excluding hydrogens is 253 g/mol. The third kappa shape index (κ3) is 1.73. The van der Waals surface area contributed by atoms with E-state index in [0.29, 0.717) is 5.15 Å². The lowest BCUT2D eigenvalue weighted by molar-refractivity contribution is 0.803. The van der Waals surface area contributed by atoms with Gasteiger partial charge in [-0.2, -0.15) is 0 Å². The molecule has 1 heterocycles. The van der Waals surface area contributed by atoms with Crippen LogP contribution in [0.5, 0.6) is 0 Å². The molecule has 0 saturated carbocycles. The molecule has 0 aliphatic heterocycles. The van der Waals surface area contributed by atoms with Crippen LogP contribution in [0.2, 0.25) is 5.15 Å². The van der Waals surface area contributed by atoms with Gasteiger partial charge >= 0.3 is 0 Å². The van der Waals surface area contributed by atoms with E-state index >= 15 is 0 Å². The highest BCUT2D eigenvalue weighted by molar-refractivity contribution is 9.10. The van der Waals surface area contributed by atoms with Gasteiger partial charge in [0.25, 0.3) is 0 Å². The summed E-state index contributed by atoms with van der Waals surface area (Å²) >= 11 is 9.22. The largest absolute Gasteiger partial charge is 0.202 e. The third-order valence-electron chi connectivity index (χ3n) is 1.56. The molecule has 1 aromatic carbocycles. The molecule has 0 bridgehead atoms. The van der Waals surface area contributed by atoms with Gasteiger partial charge in [0.05, 0.1) is 11.9 Å². The highest BCUT2D eigenvalue weighted by atomic mass is 79.9. The van der Waals surface area contributed by atoms with Crippen molar-refractivity contribution in [3.8, 4) is 5.69 Å². The van der Waals surface area contributed by atoms with Gasteiger partial charge in [-0.25, -0.2) is 4.68 Å². The molecule has 1 aromatic heterocycles. The smallest absolute Gasteiger partial charge is 0.153 e. The monoisotopic (exact) mass is 257 g/mol. The van der Waals surface area contributed by atoms with Gasteiger partial charge in [0.15, 0.2) is 5.15 Å². The number of rotatable bonds is 1. The summed E-state index contributed by atoms with van der Waals surface area (Å²) < 4.78 is 2.54. The summed E-state index contributed by atoms with van der Waals surface area (Å²) in [5.74, 6) is 0. The molecule has 0 atom stereocenters. The summed E-state index contributed by atoms with van der Waals surface area (Å²) in [7, 11) is 0. The lowest BCUT2D eigenvalue weighted by Crippen LogP contribution is -1.96. The Morgan fingerprint density at radius 1 is 1.38 bits per heavy atom. The lowest BCUT2D eigenvalue weighted by atomic mass is 10.3. The van der Waals surface area contributed by atoms with Crippen molar-refractivity contribution in [2.24, 2.45) is 0 Å². The number of nitrogens with zero attached hydrogens (tertiary/aromatic N) is 3. The Morgan fingerprint density at radius 2 is 2.23 bits per heavy atom. The predicted octanol–water partition coefficient (Wildman–Crippen LogP) is 2.68. The molecule has 0 fully saturated rings. The van der Waals surface area contributed by atoms with E-state index < -0.39 is 0 Å². The zero-order valence-corrected chi connectivity index (χ0v) is 8.83. The van der Waals surface area contributed by atoms with E-state index in [-0.39, 0.29) is 0 Å². The average Bonchev–Trinajstić information content (AvgIpc) is 2.51. The van der Waals surface area contributed by atoms with Crippen LogP contribution in [0.3, 0.4) is 0 Å². The molecule has 0 N–H and O–H groups in total. The Balaban J connectivity index is 2.53. The Kier molecular flexibility index (Phi) is 2.33. The van der Waals surface area contributed by atoms with Crippen LogP contribution in [0.15, 0.2) is 34.9 Å². The van der Waals surface area contributed by atoms with Crippen molar-refractivity contribution >= 4 is 27.5 Å². The second kappa shape index (κ2) is 3.47. The number of halogens is 2. The van der Waals surface area contributed by atoms with Crippen LogP contribution in [0.25, 0.3) is 5.69 Å². The van der Waals surface area contributed by atoms with Crippen LogP contribution in [0.4, 0.5) is 0 Å². The predicted molar refractivity (Wildman–Crippen MR) is 54.1 cm³/mol. The van der Waals surface area contributed by atoms with E-state index in [1.807, 2.05) is 24.3 Å². The van der Waals surface area contributed by atoms with E-state index in [1.54, 1.807) is 4.68 Å². The van der Waals surface area contributed by atoms with E-state index in [4.69, 9.17) is 11.6 Å². The van der Waals surface area contributed by atoms with Crippen LogP contribution in [-0.4, -0.2) is 15.0 Å². The molecule has 2 rings (SSSR count). The fourth-order valence-corrected chi connectivity index (χ4v) is 1.57. The zero-order valence-electron chi connectivity index (χ0n) is 6.48. The molecule has 0 unspecified atom stereocenters. The van der Waals surface area contributed by atoms with Gasteiger partial charge in [-0.1, -0.05) is 38.8 Å². The summed E-state index contributed by atoms with van der Waals surface area (Å²) in [5.41, 5.74) is 0.886. The van der Waals surface area contributed by atoms with E-state index in [9.17, 15) is 0 Å². The molecule has 5 heteroatoms. The minimum absolute atomic E-state index is 0.498. The Morgan fingerprint density at radius 3 is 2.85 bits per heavy atom. The summed E-state index contributed by atoms with van der Waals surface area (Å²) in [4.78, 5) is 0. The Bertz CT molecular complexity index is 427. The van der Waals surface area contributed by atoms with Crippen LogP contribution < -0.4 is 0 Å². The molecule has 13 heavy (non-hydrogen) atoms. The molecule has 0 aliphatic carbocycles. The summed E-state index contributed by atoms with van der Waals surface area (Å²) in [6, 6.07) is 7.68. The SMILES string of the molecule is Clc1cnnn1-c1cccc(Br)c1. The first-order valence-corrected chi connectivity index (χ1v) is 4.76. The van der Waals surface area contributed by atoms with Crippen molar-refractivity contribution in [2.45, 2.75) is 0 Å². The maximum atomic E-state index is 5.85. The molecule has 0 saturated heterocycles. The summed E-state index contributed by atoms with van der Waals surface area (Å²) in [6.07, 6.45) is 1.50. The second-order valence-electron chi connectivity index (χ2n) is 2.45. The number of benzene rings is 1. The maximum absolute atomic E-state index is 5.85. The quantitative estimate of drug-likeness (QED) is 0.787. The van der Waals surface area contributed by atoms with Crippen LogP contribution in [-0.2, 0) is 0 Å². The summed E-state index contributed by atoms with van der Waals surface area (Å²) in [6.45, 7) is 0. The van der Waals surface area contributed by atoms with Gasteiger partial charge in [-0.05, 0) is 18.2 Å². The topological polar surface area (TPSA) is 30.7 Å². The highest BCUT2D eigenvalue weighted by Gasteiger charge is 2.02. The molecular formula is C8H5BrClN3. The first-order chi connectivity index (χ1) is 6.27. The standard InChI is InChI=1S/C8H5BrClN3/c9-6-2-1-3-7(4-6)13-8(10)5-11-12-13/h1-5H. The normalized spacial score (nSPS) is 10.3. The van der Waals surface area contributed by atoms with Crippen molar-refractivity contribution in [3.05, 3.63) is 40.1 Å². The van der Waals surface area contributed by atoms with Crippen molar-refractivity contribution in [1.29, 1.82) is 0 Å². The van der Waals surface area contributed by atoms with E-state index in [0.717, 1.165) is 10.2 Å². The Labute approximate surface area is 88.5 Å². The second-order valence-corrected chi connectivity index (χ2v) is 3.75. The van der Waals surface area contributed by atoms with Gasteiger partial charge in [-0.15, -0.1) is 5.10 Å². The van der Waals surface area contributed by atoms with Gasteiger partial charge in [0, 0.05) is 4.47 Å². The average molecular weight is 259 g/mol. The van der Waals surface area contributed by atoms with Crippen molar-refractivity contribution in [2.75, 3.05) is 0 Å². The molecule has 0 amide bonds. The van der Waals surface area contributed by atoms with Crippen molar-refractivity contribution in [3.63, 3.8) is 0 Å². The van der Waals surface area contributed by atoms with Crippen LogP contribution in [0.1, 0.15) is 0 Å². The molecule has 66 valence electrons. The minimum Gasteiger partial charge on any atom is -0.202 e. The number of hydrogen-bond donors (Lipinski definition) is 0. The van der Waals surface area contributed by atoms with E-state index in [2.05, 4.69) is 26.2 Å². The number of hydrogen-bond acceptors (Lipinski definition) is 2. The first kappa shape index (κ1) is 8.72. The first-order valence-electron chi connectivity index (χ1n) is 3.59. The molecule has 0 spiro atoms. The minimum atomic E-state index is 0.498. The van der Waals surface area contributed by atoms with Gasteiger partial charge in [-0.3, -0.25) is 0 Å². The van der Waals surface area contributed by atoms with Crippen LogP contribution >= 0.6 is 27.5 Å². The Hall–Kier alpha value is -0.870. The maximum Gasteiger partial charge on any atom is 0.153 e. The molecule has 2 aromatic rings. The number of aromatic nitrogens is 3. The zero-order chi connectivity index (χ0) is 9.26. The van der Waals surface area contributed by atoms with Gasteiger partial charge < -0.3 is 0 Å². The van der Waals surface area contributed by atoms with Gasteiger partial charge in [0.1, 0.15) is 0 Å². The molecule has 0 radical (unpaired) electrons. The fraction of sp³-hybridized carbons (Fsp3) is 0. The van der Waals surface area contributed by atoms with E-state index in [1.165, 1.54) is 6.20 Å².